The lowest BCUT2D eigenvalue weighted by Crippen LogP contribution is -2.23. The predicted molar refractivity (Wildman–Crippen MR) is 51.3 cm³/mol. The third-order valence-corrected chi connectivity index (χ3v) is 2.28. The highest BCUT2D eigenvalue weighted by atomic mass is 16.3. The Hall–Kier alpha value is -2.50. The lowest BCUT2D eigenvalue weighted by molar-refractivity contribution is -0.114. The number of aliphatic hydroxyl groups is 2. The van der Waals surface area contributed by atoms with E-state index >= 15 is 0 Å². The van der Waals surface area contributed by atoms with Gasteiger partial charge in [-0.1, -0.05) is 0 Å². The van der Waals surface area contributed by atoms with Gasteiger partial charge in [-0.2, -0.15) is 0 Å². The molecule has 0 saturated carbocycles. The van der Waals surface area contributed by atoms with Gasteiger partial charge in [-0.15, -0.1) is 0 Å². The number of allylic oxidation sites excluding steroid dienone is 1. The minimum absolute atomic E-state index is 0.197. The molecular weight excluding hydrogens is 216 g/mol. The third-order valence-electron chi connectivity index (χ3n) is 2.28. The maximum Gasteiger partial charge on any atom is 0.271 e. The zero-order valence-electron chi connectivity index (χ0n) is 7.76. The first-order valence-corrected chi connectivity index (χ1v) is 4.21. The van der Waals surface area contributed by atoms with E-state index in [1.165, 1.54) is 0 Å². The molecule has 6 nitrogen and oxygen atoms in total. The molecule has 0 aromatic heterocycles. The lowest BCUT2D eigenvalue weighted by atomic mass is 9.91. The Morgan fingerprint density at radius 3 is 2.06 bits per heavy atom. The smallest absolute Gasteiger partial charge is 0.271 e. The minimum atomic E-state index is -1.33. The number of aliphatic hydroxyl groups excluding tert-OH is 2. The molecule has 2 rings (SSSR count). The van der Waals surface area contributed by atoms with Crippen LogP contribution in [-0.2, 0) is 4.79 Å². The van der Waals surface area contributed by atoms with Crippen LogP contribution in [0.5, 0.6) is 11.5 Å². The Morgan fingerprint density at radius 1 is 0.812 bits per heavy atom. The van der Waals surface area contributed by atoms with Crippen LogP contribution in [0.15, 0.2) is 17.9 Å². The number of carbonyl (C=O) groups is 2. The van der Waals surface area contributed by atoms with E-state index in [0.717, 1.165) is 12.1 Å². The van der Waals surface area contributed by atoms with Crippen LogP contribution in [0.3, 0.4) is 0 Å². The summed E-state index contributed by atoms with van der Waals surface area (Å²) < 4.78 is 0. The van der Waals surface area contributed by atoms with Gasteiger partial charge in [0, 0.05) is 5.56 Å². The van der Waals surface area contributed by atoms with Gasteiger partial charge in [0.2, 0.25) is 11.5 Å². The van der Waals surface area contributed by atoms with Crippen molar-refractivity contribution < 1.29 is 30.0 Å². The molecule has 0 saturated heterocycles. The first kappa shape index (κ1) is 10.0. The van der Waals surface area contributed by atoms with Crippen LogP contribution >= 0.6 is 0 Å². The molecule has 0 radical (unpaired) electrons. The van der Waals surface area contributed by atoms with Crippen molar-refractivity contribution in [3.63, 3.8) is 0 Å². The Morgan fingerprint density at radius 2 is 1.44 bits per heavy atom. The number of fused-ring (bicyclic) bond motifs is 1. The summed E-state index contributed by atoms with van der Waals surface area (Å²) in [5.41, 5.74) is -0.710. The SMILES string of the molecule is O=C1C(=O)c2c(ccc(O)c2O)C(O)=C1O. The number of hydrogen-bond donors (Lipinski definition) is 4. The van der Waals surface area contributed by atoms with E-state index < -0.39 is 40.1 Å². The summed E-state index contributed by atoms with van der Waals surface area (Å²) in [6, 6.07) is 2.14. The van der Waals surface area contributed by atoms with E-state index in [4.69, 9.17) is 10.2 Å². The number of phenolic OH excluding ortho intramolecular Hbond substituents is 2. The minimum Gasteiger partial charge on any atom is -0.504 e. The fourth-order valence-corrected chi connectivity index (χ4v) is 1.46. The monoisotopic (exact) mass is 222 g/mol. The van der Waals surface area contributed by atoms with Crippen LogP contribution < -0.4 is 0 Å². The standard InChI is InChI=1S/C10H6O6/c11-4-2-1-3-5(7(4)13)8(14)10(16)9(15)6(3)12/h1-2,11-13,15H. The first-order valence-electron chi connectivity index (χ1n) is 4.21. The first-order chi connectivity index (χ1) is 7.45. The Kier molecular flexibility index (Phi) is 1.88. The highest BCUT2D eigenvalue weighted by molar-refractivity contribution is 6.52. The van der Waals surface area contributed by atoms with Crippen molar-refractivity contribution in [2.75, 3.05) is 0 Å². The van der Waals surface area contributed by atoms with Gasteiger partial charge in [0.1, 0.15) is 0 Å². The van der Waals surface area contributed by atoms with Gasteiger partial charge < -0.3 is 20.4 Å². The lowest BCUT2D eigenvalue weighted by Gasteiger charge is -2.15. The maximum atomic E-state index is 11.4. The molecule has 0 aliphatic heterocycles. The largest absolute Gasteiger partial charge is 0.504 e. The van der Waals surface area contributed by atoms with Crippen molar-refractivity contribution in [2.45, 2.75) is 0 Å². The van der Waals surface area contributed by atoms with E-state index in [0.29, 0.717) is 0 Å². The van der Waals surface area contributed by atoms with Crippen LogP contribution in [-0.4, -0.2) is 32.0 Å². The Bertz CT molecular complexity index is 555. The molecule has 0 amide bonds. The van der Waals surface area contributed by atoms with E-state index in [1.54, 1.807) is 0 Å². The van der Waals surface area contributed by atoms with E-state index in [2.05, 4.69) is 0 Å². The van der Waals surface area contributed by atoms with E-state index in [-0.39, 0.29) is 5.56 Å². The van der Waals surface area contributed by atoms with Gasteiger partial charge in [0.05, 0.1) is 5.56 Å². The van der Waals surface area contributed by atoms with Crippen LogP contribution in [0.1, 0.15) is 15.9 Å². The number of phenols is 2. The molecule has 0 unspecified atom stereocenters. The molecule has 82 valence electrons. The second-order valence-corrected chi connectivity index (χ2v) is 3.21. The molecule has 0 fully saturated rings. The molecule has 16 heavy (non-hydrogen) atoms. The summed E-state index contributed by atoms with van der Waals surface area (Å²) in [6.07, 6.45) is 0. The summed E-state index contributed by atoms with van der Waals surface area (Å²) >= 11 is 0. The van der Waals surface area contributed by atoms with Crippen LogP contribution in [0, 0.1) is 0 Å². The zero-order valence-corrected chi connectivity index (χ0v) is 7.76. The van der Waals surface area contributed by atoms with Gasteiger partial charge in [0.25, 0.3) is 5.78 Å². The zero-order chi connectivity index (χ0) is 12.0. The number of benzene rings is 1. The van der Waals surface area contributed by atoms with Crippen LogP contribution in [0.4, 0.5) is 0 Å². The van der Waals surface area contributed by atoms with Crippen molar-refractivity contribution in [1.82, 2.24) is 0 Å². The molecule has 0 spiro atoms. The van der Waals surface area contributed by atoms with Crippen molar-refractivity contribution in [2.24, 2.45) is 0 Å². The van der Waals surface area contributed by atoms with Crippen LogP contribution in [0.2, 0.25) is 0 Å². The molecule has 0 bridgehead atoms. The third kappa shape index (κ3) is 1.07. The number of aromatic hydroxyl groups is 2. The average Bonchev–Trinajstić information content (AvgIpc) is 2.27. The normalized spacial score (nSPS) is 15.2. The number of ketones is 2. The molecule has 1 aromatic carbocycles. The van der Waals surface area contributed by atoms with Gasteiger partial charge in [-0.05, 0) is 12.1 Å². The molecule has 1 aliphatic carbocycles. The van der Waals surface area contributed by atoms with Crippen LogP contribution in [0.25, 0.3) is 5.76 Å². The Labute approximate surface area is 88.7 Å². The molecule has 1 aliphatic rings. The molecule has 0 heterocycles. The van der Waals surface area contributed by atoms with Gasteiger partial charge in [-0.3, -0.25) is 9.59 Å². The summed E-state index contributed by atoms with van der Waals surface area (Å²) in [5.74, 6) is -5.76. The summed E-state index contributed by atoms with van der Waals surface area (Å²) in [7, 11) is 0. The van der Waals surface area contributed by atoms with Gasteiger partial charge in [-0.25, -0.2) is 0 Å². The fraction of sp³-hybridized carbons (Fsp3) is 0. The van der Waals surface area contributed by atoms with Crippen molar-refractivity contribution in [1.29, 1.82) is 0 Å². The molecule has 1 aromatic rings. The number of carbonyl (C=O) groups excluding carboxylic acids is 2. The van der Waals surface area contributed by atoms with Crippen molar-refractivity contribution in [3.05, 3.63) is 29.0 Å². The quantitative estimate of drug-likeness (QED) is 0.378. The van der Waals surface area contributed by atoms with Gasteiger partial charge >= 0.3 is 0 Å². The molecular formula is C10H6O6. The number of rotatable bonds is 0. The number of hydrogen-bond acceptors (Lipinski definition) is 6. The molecule has 6 heteroatoms. The second-order valence-electron chi connectivity index (χ2n) is 3.21. The predicted octanol–water partition coefficient (Wildman–Crippen LogP) is 0.648. The molecule has 0 atom stereocenters. The maximum absolute atomic E-state index is 11.4. The second kappa shape index (κ2) is 2.99. The summed E-state index contributed by atoms with van der Waals surface area (Å²) in [5, 5.41) is 37.1. The highest BCUT2D eigenvalue weighted by Gasteiger charge is 2.36. The fourth-order valence-electron chi connectivity index (χ4n) is 1.46. The van der Waals surface area contributed by atoms with Crippen molar-refractivity contribution in [3.8, 4) is 11.5 Å². The highest BCUT2D eigenvalue weighted by Crippen LogP contribution is 2.37. The van der Waals surface area contributed by atoms with Crippen molar-refractivity contribution >= 4 is 17.3 Å². The number of Topliss-reactive ketones (excluding diaryl/α,β-unsaturated/α-hetero) is 2. The summed E-state index contributed by atoms with van der Waals surface area (Å²) in [4.78, 5) is 22.6. The van der Waals surface area contributed by atoms with E-state index in [1.807, 2.05) is 0 Å². The summed E-state index contributed by atoms with van der Waals surface area (Å²) in [6.45, 7) is 0. The Balaban J connectivity index is 2.86. The van der Waals surface area contributed by atoms with Gasteiger partial charge in [0.15, 0.2) is 17.3 Å². The topological polar surface area (TPSA) is 115 Å². The van der Waals surface area contributed by atoms with E-state index in [9.17, 15) is 19.8 Å². The molecule has 4 N–H and O–H groups in total. The average molecular weight is 222 g/mol.